The van der Waals surface area contributed by atoms with Crippen LogP contribution in [0, 0.1) is 13.8 Å². The van der Waals surface area contributed by atoms with Crippen molar-refractivity contribution >= 4 is 11.8 Å². The molecule has 0 radical (unpaired) electrons. The smallest absolute Gasteiger partial charge is 0.208 e. The zero-order valence-corrected chi connectivity index (χ0v) is 13.1. The van der Waals surface area contributed by atoms with Gasteiger partial charge in [0, 0.05) is 12.2 Å². The van der Waals surface area contributed by atoms with Crippen LogP contribution in [0.4, 0.5) is 0 Å². The lowest BCUT2D eigenvalue weighted by Crippen LogP contribution is -1.99. The number of aryl methyl sites for hydroxylation is 3. The molecule has 0 atom stereocenters. The maximum absolute atomic E-state index is 5.77. The van der Waals surface area contributed by atoms with E-state index in [2.05, 4.69) is 54.2 Å². The number of rotatable bonds is 7. The molecule has 5 heteroatoms. The molecular weight excluding hydrogens is 270 g/mol. The van der Waals surface area contributed by atoms with Crippen molar-refractivity contribution in [2.24, 2.45) is 0 Å². The molecule has 1 N–H and O–H groups in total. The fraction of sp³-hybridized carbons (Fsp3) is 0.467. The standard InChI is InChI=1S/C15H21N3OS/c1-4-14-16-15(18-17-14)20-7-5-6-19-13-9-11(2)8-12(3)10-13/h8-10H,4-7H2,1-3H3,(H,16,17,18). The predicted molar refractivity (Wildman–Crippen MR) is 82.5 cm³/mol. The summed E-state index contributed by atoms with van der Waals surface area (Å²) in [4.78, 5) is 4.36. The number of aromatic nitrogens is 3. The first kappa shape index (κ1) is 14.9. The quantitative estimate of drug-likeness (QED) is 0.626. The van der Waals surface area contributed by atoms with Crippen LogP contribution in [0.2, 0.25) is 0 Å². The van der Waals surface area contributed by atoms with Crippen molar-refractivity contribution in [3.05, 3.63) is 35.2 Å². The topological polar surface area (TPSA) is 50.8 Å². The molecule has 20 heavy (non-hydrogen) atoms. The molecule has 1 aromatic heterocycles. The lowest BCUT2D eigenvalue weighted by atomic mass is 10.1. The molecule has 0 aliphatic rings. The molecule has 0 bridgehead atoms. The van der Waals surface area contributed by atoms with Gasteiger partial charge in [-0.2, -0.15) is 0 Å². The Balaban J connectivity index is 1.68. The highest BCUT2D eigenvalue weighted by atomic mass is 32.2. The first-order chi connectivity index (χ1) is 9.67. The molecule has 0 saturated heterocycles. The van der Waals surface area contributed by atoms with Crippen LogP contribution in [-0.4, -0.2) is 27.5 Å². The van der Waals surface area contributed by atoms with Gasteiger partial charge in [-0.25, -0.2) is 4.98 Å². The summed E-state index contributed by atoms with van der Waals surface area (Å²) in [6.45, 7) is 6.96. The van der Waals surface area contributed by atoms with E-state index < -0.39 is 0 Å². The van der Waals surface area contributed by atoms with Crippen LogP contribution in [0.3, 0.4) is 0 Å². The Hall–Kier alpha value is -1.49. The summed E-state index contributed by atoms with van der Waals surface area (Å²) in [5.74, 6) is 2.86. The molecule has 2 aromatic rings. The number of nitrogens with one attached hydrogen (secondary N) is 1. The second-order valence-corrected chi connectivity index (χ2v) is 5.85. The second-order valence-electron chi connectivity index (χ2n) is 4.79. The third-order valence-corrected chi connectivity index (χ3v) is 3.76. The van der Waals surface area contributed by atoms with Gasteiger partial charge in [0.1, 0.15) is 11.6 Å². The van der Waals surface area contributed by atoms with E-state index in [9.17, 15) is 0 Å². The summed E-state index contributed by atoms with van der Waals surface area (Å²) in [7, 11) is 0. The first-order valence-electron chi connectivity index (χ1n) is 6.92. The number of benzene rings is 1. The highest BCUT2D eigenvalue weighted by Crippen LogP contribution is 2.17. The molecule has 0 aliphatic heterocycles. The Morgan fingerprint density at radius 3 is 2.60 bits per heavy atom. The Morgan fingerprint density at radius 2 is 1.95 bits per heavy atom. The fourth-order valence-corrected chi connectivity index (χ4v) is 2.66. The number of ether oxygens (including phenoxy) is 1. The van der Waals surface area contributed by atoms with E-state index in [1.54, 1.807) is 11.8 Å². The summed E-state index contributed by atoms with van der Waals surface area (Å²) in [5, 5.41) is 7.90. The fourth-order valence-electron chi connectivity index (χ4n) is 1.93. The van der Waals surface area contributed by atoms with Gasteiger partial charge in [-0.05, 0) is 43.5 Å². The largest absolute Gasteiger partial charge is 0.494 e. The Bertz CT molecular complexity index is 534. The van der Waals surface area contributed by atoms with Gasteiger partial charge in [0.25, 0.3) is 0 Å². The van der Waals surface area contributed by atoms with E-state index in [0.717, 1.165) is 41.9 Å². The molecule has 0 spiro atoms. The van der Waals surface area contributed by atoms with E-state index in [0.29, 0.717) is 0 Å². The summed E-state index contributed by atoms with van der Waals surface area (Å²) in [5.41, 5.74) is 2.48. The van der Waals surface area contributed by atoms with Crippen LogP contribution >= 0.6 is 11.8 Å². The first-order valence-corrected chi connectivity index (χ1v) is 7.91. The van der Waals surface area contributed by atoms with Crippen molar-refractivity contribution in [1.82, 2.24) is 15.2 Å². The van der Waals surface area contributed by atoms with Crippen LogP contribution in [0.25, 0.3) is 0 Å². The highest BCUT2D eigenvalue weighted by molar-refractivity contribution is 7.99. The zero-order chi connectivity index (χ0) is 14.4. The number of hydrogen-bond donors (Lipinski definition) is 1. The van der Waals surface area contributed by atoms with Gasteiger partial charge in [0.2, 0.25) is 5.16 Å². The van der Waals surface area contributed by atoms with E-state index in [-0.39, 0.29) is 0 Å². The van der Waals surface area contributed by atoms with Gasteiger partial charge >= 0.3 is 0 Å². The van der Waals surface area contributed by atoms with Gasteiger partial charge < -0.3 is 4.74 Å². The number of hydrogen-bond acceptors (Lipinski definition) is 4. The average molecular weight is 291 g/mol. The maximum Gasteiger partial charge on any atom is 0.208 e. The summed E-state index contributed by atoms with van der Waals surface area (Å²) in [6, 6.07) is 6.29. The van der Waals surface area contributed by atoms with E-state index in [1.807, 2.05) is 0 Å². The van der Waals surface area contributed by atoms with Crippen molar-refractivity contribution in [3.8, 4) is 5.75 Å². The lowest BCUT2D eigenvalue weighted by molar-refractivity contribution is 0.318. The number of H-pyrrole nitrogens is 1. The number of nitrogens with zero attached hydrogens (tertiary/aromatic N) is 2. The molecule has 0 aliphatic carbocycles. The molecular formula is C15H21N3OS. The van der Waals surface area contributed by atoms with Crippen LogP contribution in [0.5, 0.6) is 5.75 Å². The summed E-state index contributed by atoms with van der Waals surface area (Å²) >= 11 is 1.66. The lowest BCUT2D eigenvalue weighted by Gasteiger charge is -2.07. The van der Waals surface area contributed by atoms with Crippen molar-refractivity contribution in [1.29, 1.82) is 0 Å². The third-order valence-electron chi connectivity index (χ3n) is 2.83. The third kappa shape index (κ3) is 4.56. The van der Waals surface area contributed by atoms with Crippen molar-refractivity contribution in [3.63, 3.8) is 0 Å². The van der Waals surface area contributed by atoms with Crippen molar-refractivity contribution < 1.29 is 4.74 Å². The normalized spacial score (nSPS) is 10.8. The van der Waals surface area contributed by atoms with Gasteiger partial charge in [0.05, 0.1) is 6.61 Å². The molecule has 0 saturated carbocycles. The number of aromatic amines is 1. The molecule has 0 unspecified atom stereocenters. The van der Waals surface area contributed by atoms with Gasteiger partial charge in [-0.1, -0.05) is 24.8 Å². The van der Waals surface area contributed by atoms with E-state index >= 15 is 0 Å². The minimum atomic E-state index is 0.723. The molecule has 0 amide bonds. The minimum absolute atomic E-state index is 0.723. The maximum atomic E-state index is 5.77. The van der Waals surface area contributed by atoms with Crippen molar-refractivity contribution in [2.45, 2.75) is 38.8 Å². The molecule has 0 fully saturated rings. The van der Waals surface area contributed by atoms with Crippen LogP contribution in [0.1, 0.15) is 30.3 Å². The monoisotopic (exact) mass is 291 g/mol. The minimum Gasteiger partial charge on any atom is -0.494 e. The zero-order valence-electron chi connectivity index (χ0n) is 12.3. The predicted octanol–water partition coefficient (Wildman–Crippen LogP) is 3.55. The highest BCUT2D eigenvalue weighted by Gasteiger charge is 2.02. The Labute approximate surface area is 124 Å². The molecule has 108 valence electrons. The second kappa shape index (κ2) is 7.33. The van der Waals surface area contributed by atoms with Crippen LogP contribution < -0.4 is 4.74 Å². The Morgan fingerprint density at radius 1 is 1.20 bits per heavy atom. The van der Waals surface area contributed by atoms with Crippen LogP contribution in [0.15, 0.2) is 23.4 Å². The SMILES string of the molecule is CCc1nc(SCCCOc2cc(C)cc(C)c2)n[nH]1. The molecule has 2 rings (SSSR count). The van der Waals surface area contributed by atoms with E-state index in [1.165, 1.54) is 11.1 Å². The summed E-state index contributed by atoms with van der Waals surface area (Å²) < 4.78 is 5.77. The van der Waals surface area contributed by atoms with E-state index in [4.69, 9.17) is 4.74 Å². The average Bonchev–Trinajstić information content (AvgIpc) is 2.85. The number of thioether (sulfide) groups is 1. The summed E-state index contributed by atoms with van der Waals surface area (Å²) in [6.07, 6.45) is 1.87. The molecule has 1 heterocycles. The molecule has 4 nitrogen and oxygen atoms in total. The van der Waals surface area contributed by atoms with Gasteiger partial charge in [-0.15, -0.1) is 5.10 Å². The van der Waals surface area contributed by atoms with Gasteiger partial charge in [0.15, 0.2) is 0 Å². The Kier molecular flexibility index (Phi) is 5.47. The van der Waals surface area contributed by atoms with Crippen LogP contribution in [-0.2, 0) is 6.42 Å². The molecule has 1 aromatic carbocycles. The van der Waals surface area contributed by atoms with Crippen molar-refractivity contribution in [2.75, 3.05) is 12.4 Å². The van der Waals surface area contributed by atoms with Gasteiger partial charge in [-0.3, -0.25) is 5.10 Å².